The van der Waals surface area contributed by atoms with Crippen LogP contribution in [0, 0.1) is 11.8 Å². The molecule has 8 atom stereocenters. The number of carbonyl (C=O) groups excluding carboxylic acids is 2. The monoisotopic (exact) mass is 798 g/mol. The van der Waals surface area contributed by atoms with Gasteiger partial charge >= 0.3 is 5.97 Å². The number of rotatable bonds is 12. The van der Waals surface area contributed by atoms with E-state index >= 15 is 0 Å². The largest absolute Gasteiger partial charge is 0.469 e. The zero-order valence-electron chi connectivity index (χ0n) is 29.1. The van der Waals surface area contributed by atoms with Gasteiger partial charge in [-0.05, 0) is 94.0 Å². The summed E-state index contributed by atoms with van der Waals surface area (Å²) in [6.45, 7) is 25.5. The summed E-state index contributed by atoms with van der Waals surface area (Å²) in [7, 11) is -3.49. The van der Waals surface area contributed by atoms with E-state index < -0.39 is 53.3 Å². The van der Waals surface area contributed by atoms with Gasteiger partial charge in [-0.15, -0.1) is 11.6 Å². The zero-order chi connectivity index (χ0) is 34.5. The Hall–Kier alpha value is -0.306. The van der Waals surface area contributed by atoms with Crippen LogP contribution >= 0.6 is 34.2 Å². The predicted molar refractivity (Wildman–Crippen MR) is 193 cm³/mol. The minimum Gasteiger partial charge on any atom is -0.469 e. The average molecular weight is 799 g/mol. The average Bonchev–Trinajstić information content (AvgIpc) is 2.89. The minimum atomic E-state index is -2.46. The van der Waals surface area contributed by atoms with Crippen LogP contribution in [0.2, 0.25) is 36.3 Å². The van der Waals surface area contributed by atoms with Gasteiger partial charge in [-0.1, -0.05) is 54.0 Å². The number of ether oxygens (including phenoxy) is 3. The van der Waals surface area contributed by atoms with Gasteiger partial charge in [0.15, 0.2) is 16.6 Å². The van der Waals surface area contributed by atoms with Crippen LogP contribution in [0.1, 0.15) is 80.1 Å². The molecule has 1 N–H and O–H groups in total. The summed E-state index contributed by atoms with van der Waals surface area (Å²) in [6, 6.07) is 0. The Morgan fingerprint density at radius 3 is 2.09 bits per heavy atom. The van der Waals surface area contributed by atoms with E-state index in [0.717, 1.165) is 3.58 Å². The fourth-order valence-corrected chi connectivity index (χ4v) is 8.58. The molecule has 2 fully saturated rings. The van der Waals surface area contributed by atoms with Crippen LogP contribution in [0.15, 0.2) is 10.2 Å². The van der Waals surface area contributed by atoms with Gasteiger partial charge in [0.05, 0.1) is 25.7 Å². The first-order valence-corrected chi connectivity index (χ1v) is 23.3. The first-order chi connectivity index (χ1) is 20.5. The molecule has 2 heterocycles. The van der Waals surface area contributed by atoms with Gasteiger partial charge < -0.3 is 28.2 Å². The Morgan fingerprint density at radius 2 is 1.58 bits per heavy atom. The van der Waals surface area contributed by atoms with Crippen LogP contribution in [0.4, 0.5) is 0 Å². The fourth-order valence-electron chi connectivity index (χ4n) is 4.88. The maximum atomic E-state index is 12.7. The quantitative estimate of drug-likeness (QED) is 0.0549. The highest BCUT2D eigenvalue weighted by Crippen LogP contribution is 2.45. The van der Waals surface area contributed by atoms with Crippen molar-refractivity contribution in [2.24, 2.45) is 0 Å². The number of hydrogen-bond donors (Lipinski definition) is 1. The lowest BCUT2D eigenvalue weighted by molar-refractivity contribution is -0.267. The molecule has 0 saturated carbocycles. The van der Waals surface area contributed by atoms with Crippen LogP contribution in [-0.4, -0.2) is 88.7 Å². The van der Waals surface area contributed by atoms with Gasteiger partial charge in [-0.2, -0.15) is 0 Å². The molecule has 0 bridgehead atoms. The second-order valence-electron chi connectivity index (χ2n) is 15.4. The number of esters is 1. The number of hydrogen-bond acceptors (Lipinski definition) is 8. The topological polar surface area (TPSA) is 101 Å². The molecular formula is C33H56ClIO8Si2. The number of fused-ring (bicyclic) bond motifs is 1. The summed E-state index contributed by atoms with van der Waals surface area (Å²) in [5, 5.41) is 11.1. The Bertz CT molecular complexity index is 1110. The van der Waals surface area contributed by atoms with Crippen molar-refractivity contribution in [3.8, 4) is 11.8 Å². The SMILES string of the molecule is C=C(I)C[C@H](Cl)CCC(=O)C#C[C@H](O)[C@@H]1O[C@H]2CC[C@H](CC(=O)OC)O[C@@H]2C(O[Si](C)(C)C(C)(C)C)C1O[Si](C)(C)C(C)(C)C. The summed E-state index contributed by atoms with van der Waals surface area (Å²) >= 11 is 8.47. The molecule has 2 aliphatic rings. The third kappa shape index (κ3) is 11.7. The van der Waals surface area contributed by atoms with Crippen molar-refractivity contribution in [2.45, 2.75) is 164 Å². The molecule has 2 unspecified atom stereocenters. The molecule has 2 saturated heterocycles. The number of halogens is 2. The lowest BCUT2D eigenvalue weighted by Gasteiger charge is -2.55. The highest BCUT2D eigenvalue weighted by molar-refractivity contribution is 14.1. The number of aliphatic hydroxyl groups is 1. The van der Waals surface area contributed by atoms with Crippen LogP contribution in [-0.2, 0) is 32.7 Å². The molecular weight excluding hydrogens is 743 g/mol. The molecule has 0 radical (unpaired) electrons. The number of methoxy groups -OCH3 is 1. The number of Topliss-reactive ketones (excluding diaryl/α,β-unsaturated/α-hetero) is 1. The number of allylic oxidation sites excluding steroid dienone is 1. The maximum Gasteiger partial charge on any atom is 0.308 e. The van der Waals surface area contributed by atoms with Crippen molar-refractivity contribution >= 4 is 62.6 Å². The molecule has 12 heteroatoms. The Kier molecular flexibility index (Phi) is 14.9. The lowest BCUT2D eigenvalue weighted by Crippen LogP contribution is -2.68. The normalized spacial score (nSPS) is 27.4. The van der Waals surface area contributed by atoms with Gasteiger partial charge in [0.1, 0.15) is 30.5 Å². The first-order valence-electron chi connectivity index (χ1n) is 15.9. The molecule has 45 heavy (non-hydrogen) atoms. The standard InChI is InChI=1S/C33H56ClIO8Si2/c1-21(35)19-22(34)13-14-23(36)15-17-25(37)28-30(42-44(9,10)32(2,3)4)31(43-45(11,12)33(5,6)7)29-26(41-28)18-16-24(40-29)20-27(38)39-8/h22,24-26,28-31,37H,1,13-14,16,18-20H2,2-12H3/t22-,24-,25+,26+,28+,29+,30?,31?/m1/s1. The van der Waals surface area contributed by atoms with E-state index in [1.807, 2.05) is 0 Å². The molecule has 0 aromatic carbocycles. The number of carbonyl (C=O) groups is 2. The van der Waals surface area contributed by atoms with E-state index in [0.29, 0.717) is 25.7 Å². The molecule has 0 spiro atoms. The predicted octanol–water partition coefficient (Wildman–Crippen LogP) is 7.31. The van der Waals surface area contributed by atoms with Crippen molar-refractivity contribution < 1.29 is 37.8 Å². The van der Waals surface area contributed by atoms with Crippen molar-refractivity contribution in [3.05, 3.63) is 10.2 Å². The van der Waals surface area contributed by atoms with Gasteiger partial charge in [0.25, 0.3) is 0 Å². The molecule has 2 aliphatic heterocycles. The summed E-state index contributed by atoms with van der Waals surface area (Å²) in [4.78, 5) is 24.9. The van der Waals surface area contributed by atoms with Crippen LogP contribution in [0.25, 0.3) is 0 Å². The molecule has 0 amide bonds. The molecule has 2 rings (SSSR count). The van der Waals surface area contributed by atoms with E-state index in [9.17, 15) is 14.7 Å². The van der Waals surface area contributed by atoms with Gasteiger partial charge in [-0.25, -0.2) is 0 Å². The summed E-state index contributed by atoms with van der Waals surface area (Å²) in [6.07, 6.45) is -2.17. The maximum absolute atomic E-state index is 12.7. The van der Waals surface area contributed by atoms with Crippen LogP contribution in [0.5, 0.6) is 0 Å². The van der Waals surface area contributed by atoms with Gasteiger partial charge in [-0.3, -0.25) is 9.59 Å². The van der Waals surface area contributed by atoms with E-state index in [1.165, 1.54) is 7.11 Å². The zero-order valence-corrected chi connectivity index (χ0v) is 34.0. The van der Waals surface area contributed by atoms with Crippen molar-refractivity contribution in [2.75, 3.05) is 7.11 Å². The van der Waals surface area contributed by atoms with Gasteiger partial charge in [0.2, 0.25) is 5.78 Å². The number of aliphatic hydroxyl groups excluding tert-OH is 1. The Balaban J connectivity index is 2.52. The summed E-state index contributed by atoms with van der Waals surface area (Å²) in [5.74, 6) is 4.79. The lowest BCUT2D eigenvalue weighted by atomic mass is 9.87. The smallest absolute Gasteiger partial charge is 0.308 e. The number of alkyl halides is 1. The van der Waals surface area contributed by atoms with Crippen molar-refractivity contribution in [3.63, 3.8) is 0 Å². The Morgan fingerprint density at radius 1 is 1.02 bits per heavy atom. The van der Waals surface area contributed by atoms with Crippen molar-refractivity contribution in [1.82, 2.24) is 0 Å². The summed E-state index contributed by atoms with van der Waals surface area (Å²) in [5.41, 5.74) is 0. The third-order valence-electron chi connectivity index (χ3n) is 9.69. The van der Waals surface area contributed by atoms with E-state index in [1.54, 1.807) is 0 Å². The Labute approximate surface area is 292 Å². The fraction of sp³-hybridized carbons (Fsp3) is 0.818. The van der Waals surface area contributed by atoms with E-state index in [2.05, 4.69) is 109 Å². The molecule has 0 aromatic heterocycles. The summed E-state index contributed by atoms with van der Waals surface area (Å²) < 4.78 is 33.2. The second kappa shape index (κ2) is 16.4. The first kappa shape index (κ1) is 40.9. The number of ketones is 1. The minimum absolute atomic E-state index is 0.118. The van der Waals surface area contributed by atoms with E-state index in [-0.39, 0.29) is 46.2 Å². The third-order valence-corrected chi connectivity index (χ3v) is 19.4. The molecule has 8 nitrogen and oxygen atoms in total. The second-order valence-corrected chi connectivity index (χ2v) is 27.1. The highest BCUT2D eigenvalue weighted by Gasteiger charge is 2.56. The molecule has 0 aliphatic carbocycles. The van der Waals surface area contributed by atoms with Crippen molar-refractivity contribution in [1.29, 1.82) is 0 Å². The van der Waals surface area contributed by atoms with Crippen LogP contribution < -0.4 is 0 Å². The van der Waals surface area contributed by atoms with Crippen LogP contribution in [0.3, 0.4) is 0 Å². The van der Waals surface area contributed by atoms with Gasteiger partial charge in [0, 0.05) is 11.8 Å². The molecule has 258 valence electrons. The molecule has 0 aromatic rings. The van der Waals surface area contributed by atoms with E-state index in [4.69, 9.17) is 34.7 Å². The highest BCUT2D eigenvalue weighted by atomic mass is 127.